The molecule has 0 atom stereocenters. The monoisotopic (exact) mass is 262 g/mol. The van der Waals surface area contributed by atoms with Crippen molar-refractivity contribution in [2.24, 2.45) is 5.73 Å². The van der Waals surface area contributed by atoms with Crippen LogP contribution in [-0.2, 0) is 16.1 Å². The Morgan fingerprint density at radius 1 is 1.37 bits per heavy atom. The molecule has 0 spiro atoms. The number of carbonyl (C=O) groups is 1. The summed E-state index contributed by atoms with van der Waals surface area (Å²) in [4.78, 5) is 13.4. The van der Waals surface area contributed by atoms with E-state index in [-0.39, 0.29) is 5.97 Å². The van der Waals surface area contributed by atoms with Crippen molar-refractivity contribution in [3.8, 4) is 0 Å². The number of ether oxygens (including phenoxy) is 1. The number of hydrogen-bond acceptors (Lipinski definition) is 4. The number of hydrogen-bond donors (Lipinski definition) is 1. The lowest BCUT2D eigenvalue weighted by Gasteiger charge is -2.19. The van der Waals surface area contributed by atoms with Gasteiger partial charge in [-0.25, -0.2) is 4.79 Å². The first kappa shape index (κ1) is 15.4. The van der Waals surface area contributed by atoms with E-state index in [1.807, 2.05) is 24.3 Å². The average molecular weight is 262 g/mol. The third kappa shape index (κ3) is 6.74. The van der Waals surface area contributed by atoms with Crippen LogP contribution in [0.5, 0.6) is 0 Å². The van der Waals surface area contributed by atoms with Gasteiger partial charge in [0.05, 0.1) is 6.61 Å². The first-order valence-electron chi connectivity index (χ1n) is 6.56. The maximum atomic E-state index is 11.2. The molecule has 0 heterocycles. The van der Waals surface area contributed by atoms with Crippen molar-refractivity contribution < 1.29 is 9.53 Å². The van der Waals surface area contributed by atoms with Gasteiger partial charge in [0, 0.05) is 32.3 Å². The van der Waals surface area contributed by atoms with Gasteiger partial charge in [-0.3, -0.25) is 4.90 Å². The second-order valence-corrected chi connectivity index (χ2v) is 4.16. The summed E-state index contributed by atoms with van der Waals surface area (Å²) in [6.07, 6.45) is 3.29. The molecular formula is C15H22N2O2. The van der Waals surface area contributed by atoms with Gasteiger partial charge in [0.2, 0.25) is 0 Å². The molecule has 19 heavy (non-hydrogen) atoms. The zero-order chi connectivity index (χ0) is 13.9. The molecule has 1 rings (SSSR count). The van der Waals surface area contributed by atoms with E-state index in [1.165, 1.54) is 11.6 Å². The summed E-state index contributed by atoms with van der Waals surface area (Å²) < 4.78 is 4.83. The van der Waals surface area contributed by atoms with Gasteiger partial charge in [-0.2, -0.15) is 0 Å². The Bertz CT molecular complexity index is 390. The molecule has 0 bridgehead atoms. The van der Waals surface area contributed by atoms with Crippen LogP contribution in [0.4, 0.5) is 0 Å². The molecule has 0 fully saturated rings. The van der Waals surface area contributed by atoms with Crippen molar-refractivity contribution in [3.05, 3.63) is 48.0 Å². The second-order valence-electron chi connectivity index (χ2n) is 4.16. The Morgan fingerprint density at radius 2 is 2.11 bits per heavy atom. The number of benzene rings is 1. The molecule has 1 aromatic carbocycles. The molecule has 2 N–H and O–H groups in total. The molecule has 0 aromatic heterocycles. The molecule has 0 aliphatic carbocycles. The van der Waals surface area contributed by atoms with Crippen LogP contribution < -0.4 is 5.73 Å². The van der Waals surface area contributed by atoms with Crippen molar-refractivity contribution in [1.82, 2.24) is 4.90 Å². The van der Waals surface area contributed by atoms with Crippen molar-refractivity contribution in [2.45, 2.75) is 13.5 Å². The smallest absolute Gasteiger partial charge is 0.330 e. The minimum Gasteiger partial charge on any atom is -0.463 e. The minimum atomic E-state index is -0.296. The van der Waals surface area contributed by atoms with Crippen LogP contribution in [0.15, 0.2) is 42.5 Å². The molecule has 0 aliphatic heterocycles. The minimum absolute atomic E-state index is 0.296. The van der Waals surface area contributed by atoms with Crippen molar-refractivity contribution in [2.75, 3.05) is 26.2 Å². The van der Waals surface area contributed by atoms with E-state index >= 15 is 0 Å². The van der Waals surface area contributed by atoms with E-state index in [0.29, 0.717) is 19.7 Å². The van der Waals surface area contributed by atoms with Gasteiger partial charge in [0.15, 0.2) is 0 Å². The van der Waals surface area contributed by atoms with Gasteiger partial charge < -0.3 is 10.5 Å². The highest BCUT2D eigenvalue weighted by Crippen LogP contribution is 2.03. The van der Waals surface area contributed by atoms with Crippen molar-refractivity contribution in [1.29, 1.82) is 0 Å². The highest BCUT2D eigenvalue weighted by Gasteiger charge is 2.03. The summed E-state index contributed by atoms with van der Waals surface area (Å²) in [5, 5.41) is 0. The summed E-state index contributed by atoms with van der Waals surface area (Å²) in [6.45, 7) is 5.10. The molecule has 1 aromatic rings. The Labute approximate surface area is 114 Å². The van der Waals surface area contributed by atoms with Crippen molar-refractivity contribution >= 4 is 5.97 Å². The van der Waals surface area contributed by atoms with E-state index < -0.39 is 0 Å². The summed E-state index contributed by atoms with van der Waals surface area (Å²) in [6, 6.07) is 10.2. The highest BCUT2D eigenvalue weighted by atomic mass is 16.5. The molecule has 0 saturated heterocycles. The molecule has 4 heteroatoms. The molecule has 0 radical (unpaired) electrons. The van der Waals surface area contributed by atoms with Crippen LogP contribution in [-0.4, -0.2) is 37.1 Å². The van der Waals surface area contributed by atoms with Gasteiger partial charge in [0.1, 0.15) is 0 Å². The van der Waals surface area contributed by atoms with E-state index in [0.717, 1.165) is 13.1 Å². The van der Waals surface area contributed by atoms with Crippen LogP contribution in [0.3, 0.4) is 0 Å². The third-order valence-electron chi connectivity index (χ3n) is 2.60. The number of carbonyl (C=O) groups excluding carboxylic acids is 1. The van der Waals surface area contributed by atoms with E-state index in [9.17, 15) is 4.79 Å². The lowest BCUT2D eigenvalue weighted by molar-refractivity contribution is -0.137. The Hall–Kier alpha value is -1.65. The molecule has 0 aliphatic rings. The fourth-order valence-corrected chi connectivity index (χ4v) is 1.75. The summed E-state index contributed by atoms with van der Waals surface area (Å²) in [7, 11) is 0. The Kier molecular flexibility index (Phi) is 7.54. The van der Waals surface area contributed by atoms with E-state index in [1.54, 1.807) is 6.92 Å². The fourth-order valence-electron chi connectivity index (χ4n) is 1.75. The van der Waals surface area contributed by atoms with E-state index in [2.05, 4.69) is 17.0 Å². The average Bonchev–Trinajstić information content (AvgIpc) is 2.40. The normalized spacial score (nSPS) is 11.1. The number of rotatable bonds is 8. The predicted molar refractivity (Wildman–Crippen MR) is 76.5 cm³/mol. The van der Waals surface area contributed by atoms with Crippen LogP contribution in [0.1, 0.15) is 12.5 Å². The summed E-state index contributed by atoms with van der Waals surface area (Å²) >= 11 is 0. The first-order valence-corrected chi connectivity index (χ1v) is 6.56. The number of nitrogens with two attached hydrogens (primary N) is 1. The van der Waals surface area contributed by atoms with Crippen molar-refractivity contribution in [3.63, 3.8) is 0 Å². The second kappa shape index (κ2) is 9.30. The standard InChI is InChI=1S/C15H22N2O2/c1-2-19-15(18)9-6-11-17(12-10-16)13-14-7-4-3-5-8-14/h3-9H,2,10-13,16H2,1H3/b9-6+. The zero-order valence-corrected chi connectivity index (χ0v) is 11.4. The molecular weight excluding hydrogens is 240 g/mol. The van der Waals surface area contributed by atoms with Gasteiger partial charge in [-0.05, 0) is 12.5 Å². The summed E-state index contributed by atoms with van der Waals surface area (Å²) in [5.41, 5.74) is 6.84. The topological polar surface area (TPSA) is 55.6 Å². The van der Waals surface area contributed by atoms with Gasteiger partial charge in [-0.1, -0.05) is 36.4 Å². The third-order valence-corrected chi connectivity index (χ3v) is 2.60. The molecule has 0 unspecified atom stereocenters. The maximum Gasteiger partial charge on any atom is 0.330 e. The molecule has 0 saturated carbocycles. The SMILES string of the molecule is CCOC(=O)/C=C/CN(CCN)Cc1ccccc1. The fraction of sp³-hybridized carbons (Fsp3) is 0.400. The Morgan fingerprint density at radius 3 is 2.74 bits per heavy atom. The molecule has 4 nitrogen and oxygen atoms in total. The molecule has 104 valence electrons. The maximum absolute atomic E-state index is 11.2. The summed E-state index contributed by atoms with van der Waals surface area (Å²) in [5.74, 6) is -0.296. The largest absolute Gasteiger partial charge is 0.463 e. The van der Waals surface area contributed by atoms with Gasteiger partial charge >= 0.3 is 5.97 Å². The quantitative estimate of drug-likeness (QED) is 0.570. The lowest BCUT2D eigenvalue weighted by atomic mass is 10.2. The number of nitrogens with zero attached hydrogens (tertiary/aromatic N) is 1. The Balaban J connectivity index is 2.46. The van der Waals surface area contributed by atoms with Gasteiger partial charge in [-0.15, -0.1) is 0 Å². The number of esters is 1. The molecule has 0 amide bonds. The van der Waals surface area contributed by atoms with Crippen LogP contribution in [0, 0.1) is 0 Å². The predicted octanol–water partition coefficient (Wildman–Crippen LogP) is 1.57. The van der Waals surface area contributed by atoms with Gasteiger partial charge in [0.25, 0.3) is 0 Å². The van der Waals surface area contributed by atoms with Crippen LogP contribution in [0.2, 0.25) is 0 Å². The lowest BCUT2D eigenvalue weighted by Crippen LogP contribution is -2.29. The van der Waals surface area contributed by atoms with E-state index in [4.69, 9.17) is 10.5 Å². The zero-order valence-electron chi connectivity index (χ0n) is 11.4. The van der Waals surface area contributed by atoms with Crippen LogP contribution >= 0.6 is 0 Å². The highest BCUT2D eigenvalue weighted by molar-refractivity contribution is 5.81. The van der Waals surface area contributed by atoms with Crippen LogP contribution in [0.25, 0.3) is 0 Å². The first-order chi connectivity index (χ1) is 9.26.